The van der Waals surface area contributed by atoms with Crippen LogP contribution in [0.5, 0.6) is 0 Å². The Hall–Kier alpha value is -5.48. The molecule has 0 fully saturated rings. The van der Waals surface area contributed by atoms with Crippen LogP contribution in [-0.2, 0) is 18.3 Å². The molecule has 0 spiro atoms. The Balaban J connectivity index is 1.20. The van der Waals surface area contributed by atoms with Crippen LogP contribution in [0.15, 0.2) is 115 Å². The standard InChI is InChI=1S/C44H32N2S/c1-27-12-13-28(25-45)22-37(27)33-9-5-4-8-30(33)16-17-31-15-14-29(26-46)23-38(31)32-18-21-41-39(24-32)36-20-19-35-34-10-6-7-11-40(34)44(2,3)42(35)43(36)47-41/h4-15,18-24H,16-17H2,1-3H3. The highest BCUT2D eigenvalue weighted by Crippen LogP contribution is 2.53. The van der Waals surface area contributed by atoms with E-state index in [4.69, 9.17) is 0 Å². The molecule has 1 aromatic heterocycles. The molecule has 3 heteroatoms. The van der Waals surface area contributed by atoms with Gasteiger partial charge in [0.2, 0.25) is 0 Å². The number of aryl methyl sites for hydroxylation is 3. The number of rotatable bonds is 5. The average Bonchev–Trinajstić information content (AvgIpc) is 3.59. The van der Waals surface area contributed by atoms with Gasteiger partial charge in [0.25, 0.3) is 0 Å². The van der Waals surface area contributed by atoms with Crippen LogP contribution in [0.2, 0.25) is 0 Å². The normalized spacial score (nSPS) is 12.9. The molecule has 1 aliphatic rings. The summed E-state index contributed by atoms with van der Waals surface area (Å²) in [5.41, 5.74) is 14.9. The Morgan fingerprint density at radius 1 is 0.596 bits per heavy atom. The van der Waals surface area contributed by atoms with Gasteiger partial charge in [0, 0.05) is 25.6 Å². The van der Waals surface area contributed by atoms with Gasteiger partial charge in [0.15, 0.2) is 0 Å². The van der Waals surface area contributed by atoms with Crippen LogP contribution in [0, 0.1) is 29.6 Å². The molecule has 0 radical (unpaired) electrons. The van der Waals surface area contributed by atoms with Gasteiger partial charge in [-0.1, -0.05) is 92.7 Å². The topological polar surface area (TPSA) is 47.6 Å². The quantitative estimate of drug-likeness (QED) is 0.192. The zero-order chi connectivity index (χ0) is 32.3. The van der Waals surface area contributed by atoms with E-state index in [1.54, 1.807) is 0 Å². The fraction of sp³-hybridized carbons (Fsp3) is 0.136. The maximum absolute atomic E-state index is 9.86. The molecule has 0 aliphatic heterocycles. The number of thiophene rings is 1. The molecule has 1 aliphatic carbocycles. The van der Waals surface area contributed by atoms with E-state index in [2.05, 4.69) is 124 Å². The lowest BCUT2D eigenvalue weighted by molar-refractivity contribution is 0.667. The van der Waals surface area contributed by atoms with Gasteiger partial charge in [-0.15, -0.1) is 11.3 Å². The summed E-state index contributed by atoms with van der Waals surface area (Å²) in [5.74, 6) is 0. The third kappa shape index (κ3) is 4.67. The number of fused-ring (bicyclic) bond motifs is 7. The average molecular weight is 621 g/mol. The fourth-order valence-corrected chi connectivity index (χ4v) is 9.03. The Morgan fingerprint density at radius 2 is 1.28 bits per heavy atom. The summed E-state index contributed by atoms with van der Waals surface area (Å²) in [6.45, 7) is 6.81. The lowest BCUT2D eigenvalue weighted by Gasteiger charge is -2.22. The van der Waals surface area contributed by atoms with E-state index in [9.17, 15) is 10.5 Å². The molecule has 8 rings (SSSR count). The van der Waals surface area contributed by atoms with E-state index in [0.717, 1.165) is 35.1 Å². The molecule has 2 nitrogen and oxygen atoms in total. The van der Waals surface area contributed by atoms with Crippen molar-refractivity contribution in [3.05, 3.63) is 154 Å². The monoisotopic (exact) mass is 620 g/mol. The number of hydrogen-bond acceptors (Lipinski definition) is 3. The molecule has 1 heterocycles. The zero-order valence-electron chi connectivity index (χ0n) is 26.7. The molecular weight excluding hydrogens is 589 g/mol. The fourth-order valence-electron chi connectivity index (χ4n) is 7.64. The second kappa shape index (κ2) is 11.1. The highest BCUT2D eigenvalue weighted by molar-refractivity contribution is 7.26. The molecule has 0 unspecified atom stereocenters. The predicted molar refractivity (Wildman–Crippen MR) is 196 cm³/mol. The summed E-state index contributed by atoms with van der Waals surface area (Å²) in [4.78, 5) is 0. The van der Waals surface area contributed by atoms with E-state index in [0.29, 0.717) is 11.1 Å². The minimum absolute atomic E-state index is 0.0613. The van der Waals surface area contributed by atoms with Crippen molar-refractivity contribution in [2.75, 3.05) is 0 Å². The molecule has 0 N–H and O–H groups in total. The third-order valence-electron chi connectivity index (χ3n) is 10.0. The summed E-state index contributed by atoms with van der Waals surface area (Å²) in [7, 11) is 0. The zero-order valence-corrected chi connectivity index (χ0v) is 27.5. The van der Waals surface area contributed by atoms with Crippen LogP contribution < -0.4 is 0 Å². The Labute approximate surface area is 279 Å². The minimum Gasteiger partial charge on any atom is -0.192 e. The van der Waals surface area contributed by atoms with Crippen molar-refractivity contribution < 1.29 is 0 Å². The van der Waals surface area contributed by atoms with E-state index >= 15 is 0 Å². The van der Waals surface area contributed by atoms with Gasteiger partial charge in [-0.2, -0.15) is 10.5 Å². The van der Waals surface area contributed by atoms with Crippen LogP contribution in [0.25, 0.3) is 53.6 Å². The van der Waals surface area contributed by atoms with Gasteiger partial charge in [0.05, 0.1) is 23.3 Å². The Morgan fingerprint density at radius 3 is 2.06 bits per heavy atom. The van der Waals surface area contributed by atoms with Crippen LogP contribution in [0.4, 0.5) is 0 Å². The van der Waals surface area contributed by atoms with E-state index in [1.807, 2.05) is 35.6 Å². The molecule has 0 saturated carbocycles. The molecule has 0 amide bonds. The van der Waals surface area contributed by atoms with Gasteiger partial charge < -0.3 is 0 Å². The third-order valence-corrected chi connectivity index (χ3v) is 11.2. The van der Waals surface area contributed by atoms with E-state index < -0.39 is 0 Å². The van der Waals surface area contributed by atoms with Crippen molar-refractivity contribution in [2.45, 2.75) is 39.0 Å². The summed E-state index contributed by atoms with van der Waals surface area (Å²) < 4.78 is 2.65. The van der Waals surface area contributed by atoms with Gasteiger partial charge in [-0.3, -0.25) is 0 Å². The van der Waals surface area contributed by atoms with Crippen molar-refractivity contribution >= 4 is 31.5 Å². The Bertz CT molecular complexity index is 2480. The second-order valence-corrected chi connectivity index (χ2v) is 14.2. The number of benzene rings is 6. The SMILES string of the molecule is Cc1ccc(C#N)cc1-c1ccccc1CCc1ccc(C#N)cc1-c1ccc2sc3c4c(ccc3c2c1)-c1ccccc1C4(C)C. The first kappa shape index (κ1) is 29.0. The molecule has 6 aromatic carbocycles. The number of nitriles is 2. The minimum atomic E-state index is -0.0613. The smallest absolute Gasteiger partial charge is 0.0991 e. The largest absolute Gasteiger partial charge is 0.192 e. The number of nitrogens with zero attached hydrogens (tertiary/aromatic N) is 2. The van der Waals surface area contributed by atoms with Crippen molar-refractivity contribution in [1.29, 1.82) is 10.5 Å². The van der Waals surface area contributed by atoms with Crippen molar-refractivity contribution in [3.8, 4) is 45.5 Å². The van der Waals surface area contributed by atoms with Crippen LogP contribution in [-0.4, -0.2) is 0 Å². The summed E-state index contributed by atoms with van der Waals surface area (Å²) in [5, 5.41) is 22.0. The first-order valence-corrected chi connectivity index (χ1v) is 16.9. The van der Waals surface area contributed by atoms with Gasteiger partial charge in [-0.25, -0.2) is 0 Å². The van der Waals surface area contributed by atoms with Gasteiger partial charge >= 0.3 is 0 Å². The maximum Gasteiger partial charge on any atom is 0.0991 e. The number of hydrogen-bond donors (Lipinski definition) is 0. The molecule has 7 aromatic rings. The van der Waals surface area contributed by atoms with Crippen molar-refractivity contribution in [3.63, 3.8) is 0 Å². The molecule has 0 bridgehead atoms. The summed E-state index contributed by atoms with van der Waals surface area (Å²) >= 11 is 1.89. The van der Waals surface area contributed by atoms with Gasteiger partial charge in [0.1, 0.15) is 0 Å². The summed E-state index contributed by atoms with van der Waals surface area (Å²) in [6, 6.07) is 45.5. The lowest BCUT2D eigenvalue weighted by Crippen LogP contribution is -2.14. The highest BCUT2D eigenvalue weighted by atomic mass is 32.1. The van der Waals surface area contributed by atoms with E-state index in [1.165, 1.54) is 59.1 Å². The molecular formula is C44H32N2S. The lowest BCUT2D eigenvalue weighted by atomic mass is 9.82. The van der Waals surface area contributed by atoms with Crippen molar-refractivity contribution in [1.82, 2.24) is 0 Å². The molecule has 0 atom stereocenters. The van der Waals surface area contributed by atoms with Crippen molar-refractivity contribution in [2.24, 2.45) is 0 Å². The van der Waals surface area contributed by atoms with Crippen LogP contribution in [0.3, 0.4) is 0 Å². The predicted octanol–water partition coefficient (Wildman–Crippen LogP) is 11.5. The molecule has 224 valence electrons. The highest BCUT2D eigenvalue weighted by Gasteiger charge is 2.37. The molecule has 47 heavy (non-hydrogen) atoms. The molecule has 0 saturated heterocycles. The van der Waals surface area contributed by atoms with Crippen LogP contribution in [0.1, 0.15) is 52.8 Å². The van der Waals surface area contributed by atoms with Gasteiger partial charge in [-0.05, 0) is 117 Å². The Kier molecular flexibility index (Phi) is 6.84. The first-order chi connectivity index (χ1) is 22.9. The van der Waals surface area contributed by atoms with Crippen LogP contribution >= 0.6 is 11.3 Å². The second-order valence-electron chi connectivity index (χ2n) is 13.1. The summed E-state index contributed by atoms with van der Waals surface area (Å²) in [6.07, 6.45) is 1.67. The van der Waals surface area contributed by atoms with E-state index in [-0.39, 0.29) is 5.41 Å². The first-order valence-electron chi connectivity index (χ1n) is 16.1. The maximum atomic E-state index is 9.86.